The molecule has 28 heavy (non-hydrogen) atoms. The molecule has 0 spiro atoms. The summed E-state index contributed by atoms with van der Waals surface area (Å²) in [4.78, 5) is 21.3. The molecule has 5 nitrogen and oxygen atoms in total. The maximum Gasteiger partial charge on any atom is 0.274 e. The fourth-order valence-electron chi connectivity index (χ4n) is 3.48. The first-order valence-electron chi connectivity index (χ1n) is 9.62. The minimum absolute atomic E-state index is 0.211. The first kappa shape index (κ1) is 18.0. The average molecular weight is 372 g/mol. The third-order valence-electron chi connectivity index (χ3n) is 5.10. The van der Waals surface area contributed by atoms with Crippen molar-refractivity contribution in [2.75, 3.05) is 35.3 Å². The number of hydrogen-bond acceptors (Lipinski definition) is 4. The zero-order valence-electron chi connectivity index (χ0n) is 16.0. The van der Waals surface area contributed by atoms with E-state index in [4.69, 9.17) is 0 Å². The molecule has 5 heteroatoms. The molecular weight excluding hydrogens is 348 g/mol. The number of anilines is 4. The van der Waals surface area contributed by atoms with Crippen LogP contribution in [-0.4, -0.2) is 31.0 Å². The van der Waals surface area contributed by atoms with Crippen LogP contribution in [-0.2, 0) is 0 Å². The van der Waals surface area contributed by atoms with Crippen LogP contribution in [0, 0.1) is 0 Å². The molecule has 1 amide bonds. The van der Waals surface area contributed by atoms with E-state index in [1.54, 1.807) is 12.3 Å². The van der Waals surface area contributed by atoms with Crippen LogP contribution in [0.25, 0.3) is 0 Å². The zero-order chi connectivity index (χ0) is 19.3. The normalized spacial score (nSPS) is 13.4. The number of aromatic nitrogens is 1. The van der Waals surface area contributed by atoms with Crippen LogP contribution in [0.3, 0.4) is 0 Å². The summed E-state index contributed by atoms with van der Waals surface area (Å²) < 4.78 is 0. The lowest BCUT2D eigenvalue weighted by molar-refractivity contribution is 0.102. The Kier molecular flexibility index (Phi) is 5.24. The van der Waals surface area contributed by atoms with Gasteiger partial charge in [-0.05, 0) is 61.4 Å². The summed E-state index contributed by atoms with van der Waals surface area (Å²) in [6, 6.07) is 21.8. The highest BCUT2D eigenvalue weighted by Gasteiger charge is 2.13. The number of nitrogens with one attached hydrogen (secondary N) is 1. The molecule has 0 radical (unpaired) electrons. The van der Waals surface area contributed by atoms with Gasteiger partial charge in [0.25, 0.3) is 5.91 Å². The van der Waals surface area contributed by atoms with Crippen molar-refractivity contribution in [2.45, 2.75) is 12.8 Å². The van der Waals surface area contributed by atoms with E-state index < -0.39 is 0 Å². The number of hydrogen-bond donors (Lipinski definition) is 1. The lowest BCUT2D eigenvalue weighted by Crippen LogP contribution is -2.18. The molecule has 2 aromatic carbocycles. The SMILES string of the molecule is CN(c1ccccc1)c1ccnc(C(=O)Nc2ccc(N3CCCC3)cc2)c1. The van der Waals surface area contributed by atoms with E-state index in [9.17, 15) is 4.79 Å². The Morgan fingerprint density at radius 1 is 0.964 bits per heavy atom. The summed E-state index contributed by atoms with van der Waals surface area (Å²) in [5.41, 5.74) is 4.34. The smallest absolute Gasteiger partial charge is 0.274 e. The second-order valence-electron chi connectivity index (χ2n) is 6.99. The first-order valence-corrected chi connectivity index (χ1v) is 9.62. The van der Waals surface area contributed by atoms with Gasteiger partial charge in [-0.3, -0.25) is 9.78 Å². The van der Waals surface area contributed by atoms with Crippen molar-refractivity contribution < 1.29 is 4.79 Å². The van der Waals surface area contributed by atoms with Crippen LogP contribution in [0.1, 0.15) is 23.3 Å². The topological polar surface area (TPSA) is 48.5 Å². The lowest BCUT2D eigenvalue weighted by Gasteiger charge is -2.20. The third-order valence-corrected chi connectivity index (χ3v) is 5.10. The summed E-state index contributed by atoms with van der Waals surface area (Å²) >= 11 is 0. The molecule has 1 fully saturated rings. The van der Waals surface area contributed by atoms with Gasteiger partial charge in [-0.2, -0.15) is 0 Å². The maximum absolute atomic E-state index is 12.7. The predicted octanol–water partition coefficient (Wildman–Crippen LogP) is 4.70. The molecule has 1 saturated heterocycles. The van der Waals surface area contributed by atoms with Gasteiger partial charge in [0.15, 0.2) is 0 Å². The number of carbonyl (C=O) groups excluding carboxylic acids is 1. The Hall–Kier alpha value is -3.34. The molecule has 1 N–H and O–H groups in total. The van der Waals surface area contributed by atoms with Gasteiger partial charge < -0.3 is 15.1 Å². The molecule has 0 unspecified atom stereocenters. The Bertz CT molecular complexity index is 934. The molecule has 4 rings (SSSR count). The van der Waals surface area contributed by atoms with E-state index in [-0.39, 0.29) is 5.91 Å². The van der Waals surface area contributed by atoms with Crippen molar-refractivity contribution in [3.05, 3.63) is 78.6 Å². The van der Waals surface area contributed by atoms with Gasteiger partial charge in [0.05, 0.1) is 0 Å². The quantitative estimate of drug-likeness (QED) is 0.705. The fourth-order valence-corrected chi connectivity index (χ4v) is 3.48. The number of amides is 1. The average Bonchev–Trinajstić information content (AvgIpc) is 3.29. The number of para-hydroxylation sites is 1. The van der Waals surface area contributed by atoms with Crippen molar-refractivity contribution in [3.8, 4) is 0 Å². The van der Waals surface area contributed by atoms with E-state index in [2.05, 4.69) is 27.3 Å². The van der Waals surface area contributed by atoms with Crippen molar-refractivity contribution in [1.29, 1.82) is 0 Å². The van der Waals surface area contributed by atoms with Crippen LogP contribution >= 0.6 is 0 Å². The second kappa shape index (κ2) is 8.13. The van der Waals surface area contributed by atoms with Crippen molar-refractivity contribution in [3.63, 3.8) is 0 Å². The summed E-state index contributed by atoms with van der Waals surface area (Å²) in [5, 5.41) is 2.94. The molecule has 2 heterocycles. The Morgan fingerprint density at radius 3 is 2.39 bits per heavy atom. The highest BCUT2D eigenvalue weighted by molar-refractivity contribution is 6.03. The van der Waals surface area contributed by atoms with E-state index in [0.717, 1.165) is 30.2 Å². The van der Waals surface area contributed by atoms with Crippen molar-refractivity contribution >= 4 is 28.7 Å². The number of rotatable bonds is 5. The van der Waals surface area contributed by atoms with Gasteiger partial charge in [-0.25, -0.2) is 0 Å². The maximum atomic E-state index is 12.7. The van der Waals surface area contributed by atoms with Gasteiger partial charge in [0.2, 0.25) is 0 Å². The molecular formula is C23H24N4O. The second-order valence-corrected chi connectivity index (χ2v) is 6.99. The monoisotopic (exact) mass is 372 g/mol. The van der Waals surface area contributed by atoms with E-state index in [0.29, 0.717) is 5.69 Å². The Labute approximate surface area is 165 Å². The summed E-state index contributed by atoms with van der Waals surface area (Å²) in [7, 11) is 1.98. The largest absolute Gasteiger partial charge is 0.372 e. The molecule has 3 aromatic rings. The van der Waals surface area contributed by atoms with Crippen LogP contribution in [0.15, 0.2) is 72.9 Å². The van der Waals surface area contributed by atoms with Gasteiger partial charge in [0, 0.05) is 49.1 Å². The van der Waals surface area contributed by atoms with Gasteiger partial charge in [0.1, 0.15) is 5.69 Å². The molecule has 0 saturated carbocycles. The van der Waals surface area contributed by atoms with Gasteiger partial charge >= 0.3 is 0 Å². The molecule has 1 aliphatic rings. The van der Waals surface area contributed by atoms with E-state index in [1.807, 2.05) is 60.5 Å². The first-order chi connectivity index (χ1) is 13.7. The zero-order valence-corrected chi connectivity index (χ0v) is 16.0. The molecule has 142 valence electrons. The standard InChI is InChI=1S/C23H24N4O/c1-26(19-7-3-2-4-8-19)21-13-14-24-22(17-21)23(28)25-18-9-11-20(12-10-18)27-15-5-6-16-27/h2-4,7-14,17H,5-6,15-16H2,1H3,(H,25,28). The van der Waals surface area contributed by atoms with Gasteiger partial charge in [-0.15, -0.1) is 0 Å². The van der Waals surface area contributed by atoms with Crippen LogP contribution < -0.4 is 15.1 Å². The molecule has 1 aliphatic heterocycles. The number of carbonyl (C=O) groups is 1. The highest BCUT2D eigenvalue weighted by Crippen LogP contribution is 2.24. The summed E-state index contributed by atoms with van der Waals surface area (Å²) in [6.07, 6.45) is 4.16. The number of pyridine rings is 1. The lowest BCUT2D eigenvalue weighted by atomic mass is 10.2. The molecule has 0 atom stereocenters. The minimum atomic E-state index is -0.211. The number of benzene rings is 2. The summed E-state index contributed by atoms with van der Waals surface area (Å²) in [6.45, 7) is 2.22. The van der Waals surface area contributed by atoms with Crippen LogP contribution in [0.5, 0.6) is 0 Å². The van der Waals surface area contributed by atoms with E-state index >= 15 is 0 Å². The van der Waals surface area contributed by atoms with Gasteiger partial charge in [-0.1, -0.05) is 18.2 Å². The molecule has 1 aromatic heterocycles. The number of nitrogens with zero attached hydrogens (tertiary/aromatic N) is 3. The Morgan fingerprint density at radius 2 is 1.68 bits per heavy atom. The summed E-state index contributed by atoms with van der Waals surface area (Å²) in [5.74, 6) is -0.211. The van der Waals surface area contributed by atoms with Crippen molar-refractivity contribution in [1.82, 2.24) is 4.98 Å². The van der Waals surface area contributed by atoms with E-state index in [1.165, 1.54) is 18.5 Å². The highest BCUT2D eigenvalue weighted by atomic mass is 16.1. The van der Waals surface area contributed by atoms with Crippen LogP contribution in [0.4, 0.5) is 22.7 Å². The van der Waals surface area contributed by atoms with Crippen molar-refractivity contribution in [2.24, 2.45) is 0 Å². The Balaban J connectivity index is 1.46. The predicted molar refractivity (Wildman–Crippen MR) is 115 cm³/mol. The third kappa shape index (κ3) is 3.98. The van der Waals surface area contributed by atoms with Crippen LogP contribution in [0.2, 0.25) is 0 Å². The molecule has 0 bridgehead atoms. The molecule has 0 aliphatic carbocycles. The minimum Gasteiger partial charge on any atom is -0.372 e. The fraction of sp³-hybridized carbons (Fsp3) is 0.217.